The second-order valence-corrected chi connectivity index (χ2v) is 3.52. The standard InChI is InChI=1S/C11H13N3O2/c1-4-16-11(15)9-5-6-14-8(3)12-13-10(14)7(9)2/h5-6H,4H2,1-3H3. The molecular formula is C11H13N3O2. The Morgan fingerprint density at radius 1 is 1.44 bits per heavy atom. The van der Waals surface area contributed by atoms with E-state index in [1.807, 2.05) is 18.2 Å². The van der Waals surface area contributed by atoms with E-state index in [4.69, 9.17) is 4.74 Å². The summed E-state index contributed by atoms with van der Waals surface area (Å²) in [7, 11) is 0. The molecule has 0 aliphatic rings. The van der Waals surface area contributed by atoms with Crippen LogP contribution in [0.15, 0.2) is 12.3 Å². The van der Waals surface area contributed by atoms with Crippen LogP contribution in [-0.2, 0) is 4.74 Å². The molecule has 84 valence electrons. The number of ether oxygens (including phenoxy) is 1. The van der Waals surface area contributed by atoms with E-state index in [1.165, 1.54) is 0 Å². The van der Waals surface area contributed by atoms with Crippen LogP contribution in [0, 0.1) is 13.8 Å². The maximum absolute atomic E-state index is 11.6. The summed E-state index contributed by atoms with van der Waals surface area (Å²) in [6.07, 6.45) is 1.78. The van der Waals surface area contributed by atoms with E-state index in [1.54, 1.807) is 19.2 Å². The van der Waals surface area contributed by atoms with Crippen molar-refractivity contribution in [1.29, 1.82) is 0 Å². The number of fused-ring (bicyclic) bond motifs is 1. The van der Waals surface area contributed by atoms with Gasteiger partial charge in [-0.25, -0.2) is 4.79 Å². The van der Waals surface area contributed by atoms with Crippen LogP contribution >= 0.6 is 0 Å². The van der Waals surface area contributed by atoms with Crippen molar-refractivity contribution in [1.82, 2.24) is 14.6 Å². The average molecular weight is 219 g/mol. The van der Waals surface area contributed by atoms with E-state index >= 15 is 0 Å². The third-order valence-corrected chi connectivity index (χ3v) is 2.49. The van der Waals surface area contributed by atoms with Gasteiger partial charge < -0.3 is 4.74 Å². The van der Waals surface area contributed by atoms with E-state index in [0.717, 1.165) is 11.4 Å². The number of carbonyl (C=O) groups is 1. The molecule has 16 heavy (non-hydrogen) atoms. The summed E-state index contributed by atoms with van der Waals surface area (Å²) in [6, 6.07) is 1.73. The smallest absolute Gasteiger partial charge is 0.338 e. The van der Waals surface area contributed by atoms with Gasteiger partial charge in [0.1, 0.15) is 5.82 Å². The topological polar surface area (TPSA) is 56.5 Å². The minimum Gasteiger partial charge on any atom is -0.462 e. The summed E-state index contributed by atoms with van der Waals surface area (Å²) < 4.78 is 6.81. The molecule has 0 aliphatic heterocycles. The summed E-state index contributed by atoms with van der Waals surface area (Å²) in [5, 5.41) is 7.99. The van der Waals surface area contributed by atoms with Crippen LogP contribution < -0.4 is 0 Å². The Kier molecular flexibility index (Phi) is 2.60. The SMILES string of the molecule is CCOC(=O)c1ccn2c(C)nnc2c1C. The molecule has 0 N–H and O–H groups in total. The highest BCUT2D eigenvalue weighted by Crippen LogP contribution is 2.15. The van der Waals surface area contributed by atoms with Gasteiger partial charge in [-0.05, 0) is 26.8 Å². The molecule has 2 aromatic rings. The molecule has 0 aliphatic carbocycles. The Morgan fingerprint density at radius 2 is 2.19 bits per heavy atom. The molecule has 0 fully saturated rings. The number of esters is 1. The van der Waals surface area contributed by atoms with Gasteiger partial charge in [-0.3, -0.25) is 4.40 Å². The van der Waals surface area contributed by atoms with Crippen molar-refractivity contribution in [3.8, 4) is 0 Å². The fourth-order valence-electron chi connectivity index (χ4n) is 1.63. The summed E-state index contributed by atoms with van der Waals surface area (Å²) in [4.78, 5) is 11.6. The van der Waals surface area contributed by atoms with Gasteiger partial charge >= 0.3 is 5.97 Å². The monoisotopic (exact) mass is 219 g/mol. The molecule has 5 heteroatoms. The molecule has 0 saturated heterocycles. The van der Waals surface area contributed by atoms with Gasteiger partial charge in [0.15, 0.2) is 5.65 Å². The highest BCUT2D eigenvalue weighted by Gasteiger charge is 2.14. The lowest BCUT2D eigenvalue weighted by atomic mass is 10.1. The number of hydrogen-bond acceptors (Lipinski definition) is 4. The zero-order valence-corrected chi connectivity index (χ0v) is 9.52. The lowest BCUT2D eigenvalue weighted by molar-refractivity contribution is 0.0525. The molecule has 0 amide bonds. The Morgan fingerprint density at radius 3 is 2.88 bits per heavy atom. The second kappa shape index (κ2) is 3.92. The molecule has 0 saturated carbocycles. The van der Waals surface area contributed by atoms with Crippen molar-refractivity contribution >= 4 is 11.6 Å². The summed E-state index contributed by atoms with van der Waals surface area (Å²) in [6.45, 7) is 5.86. The maximum atomic E-state index is 11.6. The van der Waals surface area contributed by atoms with Gasteiger partial charge in [-0.2, -0.15) is 0 Å². The molecule has 0 atom stereocenters. The molecule has 2 rings (SSSR count). The molecule has 2 aromatic heterocycles. The minimum absolute atomic E-state index is 0.317. The van der Waals surface area contributed by atoms with Crippen molar-refractivity contribution in [3.63, 3.8) is 0 Å². The number of nitrogens with zero attached hydrogens (tertiary/aromatic N) is 3. The van der Waals surface area contributed by atoms with E-state index in [9.17, 15) is 4.79 Å². The first-order valence-electron chi connectivity index (χ1n) is 5.13. The Bertz CT molecular complexity index is 545. The predicted octanol–water partition coefficient (Wildman–Crippen LogP) is 1.52. The fraction of sp³-hybridized carbons (Fsp3) is 0.364. The Labute approximate surface area is 93.1 Å². The normalized spacial score (nSPS) is 10.7. The van der Waals surface area contributed by atoms with Crippen LogP contribution in [0.25, 0.3) is 5.65 Å². The van der Waals surface area contributed by atoms with E-state index in [2.05, 4.69) is 10.2 Å². The van der Waals surface area contributed by atoms with Crippen LogP contribution in [-0.4, -0.2) is 27.2 Å². The third-order valence-electron chi connectivity index (χ3n) is 2.49. The van der Waals surface area contributed by atoms with Gasteiger partial charge in [-0.15, -0.1) is 10.2 Å². The van der Waals surface area contributed by atoms with Gasteiger partial charge in [-0.1, -0.05) is 0 Å². The molecule has 0 bridgehead atoms. The zero-order chi connectivity index (χ0) is 11.7. The minimum atomic E-state index is -0.317. The Balaban J connectivity index is 2.56. The quantitative estimate of drug-likeness (QED) is 0.718. The predicted molar refractivity (Wildman–Crippen MR) is 58.4 cm³/mol. The number of hydrogen-bond donors (Lipinski definition) is 0. The molecular weight excluding hydrogens is 206 g/mol. The largest absolute Gasteiger partial charge is 0.462 e. The number of rotatable bonds is 2. The number of carbonyl (C=O) groups excluding carboxylic acids is 1. The molecule has 0 spiro atoms. The van der Waals surface area contributed by atoms with Crippen LogP contribution in [0.3, 0.4) is 0 Å². The van der Waals surface area contributed by atoms with E-state index < -0.39 is 0 Å². The number of pyridine rings is 1. The molecule has 0 unspecified atom stereocenters. The van der Waals surface area contributed by atoms with Crippen molar-refractivity contribution in [2.75, 3.05) is 6.61 Å². The van der Waals surface area contributed by atoms with Crippen molar-refractivity contribution in [2.24, 2.45) is 0 Å². The van der Waals surface area contributed by atoms with Crippen LogP contribution in [0.4, 0.5) is 0 Å². The van der Waals surface area contributed by atoms with Crippen LogP contribution in [0.2, 0.25) is 0 Å². The fourth-order valence-corrected chi connectivity index (χ4v) is 1.63. The van der Waals surface area contributed by atoms with Crippen LogP contribution in [0.1, 0.15) is 28.7 Å². The first-order valence-corrected chi connectivity index (χ1v) is 5.13. The van der Waals surface area contributed by atoms with Gasteiger partial charge in [0.05, 0.1) is 12.2 Å². The highest BCUT2D eigenvalue weighted by molar-refractivity contribution is 5.92. The van der Waals surface area contributed by atoms with Crippen LogP contribution in [0.5, 0.6) is 0 Å². The van der Waals surface area contributed by atoms with E-state index in [0.29, 0.717) is 17.8 Å². The molecule has 0 radical (unpaired) electrons. The van der Waals surface area contributed by atoms with Gasteiger partial charge in [0, 0.05) is 11.8 Å². The van der Waals surface area contributed by atoms with E-state index in [-0.39, 0.29) is 5.97 Å². The maximum Gasteiger partial charge on any atom is 0.338 e. The average Bonchev–Trinajstić information content (AvgIpc) is 2.62. The van der Waals surface area contributed by atoms with Crippen molar-refractivity contribution < 1.29 is 9.53 Å². The van der Waals surface area contributed by atoms with Crippen molar-refractivity contribution in [2.45, 2.75) is 20.8 Å². The lowest BCUT2D eigenvalue weighted by Gasteiger charge is -2.06. The molecule has 5 nitrogen and oxygen atoms in total. The first-order chi connectivity index (χ1) is 7.65. The summed E-state index contributed by atoms with van der Waals surface area (Å²) >= 11 is 0. The summed E-state index contributed by atoms with van der Waals surface area (Å²) in [5.74, 6) is 0.483. The molecule has 2 heterocycles. The lowest BCUT2D eigenvalue weighted by Crippen LogP contribution is -2.08. The van der Waals surface area contributed by atoms with Gasteiger partial charge in [0.25, 0.3) is 0 Å². The zero-order valence-electron chi connectivity index (χ0n) is 9.52. The third kappa shape index (κ3) is 1.54. The van der Waals surface area contributed by atoms with Gasteiger partial charge in [0.2, 0.25) is 0 Å². The molecule has 0 aromatic carbocycles. The second-order valence-electron chi connectivity index (χ2n) is 3.52. The Hall–Kier alpha value is -1.91. The number of aryl methyl sites for hydroxylation is 2. The highest BCUT2D eigenvalue weighted by atomic mass is 16.5. The summed E-state index contributed by atoms with van der Waals surface area (Å²) in [5.41, 5.74) is 2.03. The number of aromatic nitrogens is 3. The van der Waals surface area contributed by atoms with Crippen molar-refractivity contribution in [3.05, 3.63) is 29.2 Å². The first kappa shape index (κ1) is 10.6.